The molecule has 2 aromatic rings. The summed E-state index contributed by atoms with van der Waals surface area (Å²) >= 11 is 6.23. The Morgan fingerprint density at radius 2 is 1.89 bits per heavy atom. The van der Waals surface area contributed by atoms with Crippen molar-refractivity contribution in [2.75, 3.05) is 47.1 Å². The molecule has 2 amide bonds. The second-order valence-corrected chi connectivity index (χ2v) is 8.91. The quantitative estimate of drug-likeness (QED) is 0.243. The fourth-order valence-electron chi connectivity index (χ4n) is 3.58. The molecule has 2 atom stereocenters. The zero-order valence-electron chi connectivity index (χ0n) is 21.7. The molecule has 10 heteroatoms. The fourth-order valence-corrected chi connectivity index (χ4v) is 3.78. The molecule has 9 nitrogen and oxygen atoms in total. The van der Waals surface area contributed by atoms with Crippen molar-refractivity contribution in [2.45, 2.75) is 38.5 Å². The van der Waals surface area contributed by atoms with Gasteiger partial charge >= 0.3 is 6.09 Å². The zero-order chi connectivity index (χ0) is 27.0. The summed E-state index contributed by atoms with van der Waals surface area (Å²) in [5, 5.41) is 19.1. The number of carbonyl (C=O) groups is 2. The maximum absolute atomic E-state index is 13.1. The van der Waals surface area contributed by atoms with Crippen LogP contribution in [0.3, 0.4) is 0 Å². The van der Waals surface area contributed by atoms with Crippen LogP contribution in [0.2, 0.25) is 5.02 Å². The van der Waals surface area contributed by atoms with Crippen molar-refractivity contribution < 1.29 is 28.9 Å². The number of rotatable bonds is 16. The molecule has 0 aliphatic carbocycles. The van der Waals surface area contributed by atoms with Crippen molar-refractivity contribution in [1.29, 1.82) is 0 Å². The molecule has 0 aromatic heterocycles. The maximum Gasteiger partial charge on any atom is 0.406 e. The minimum Gasteiger partial charge on any atom is -0.453 e. The summed E-state index contributed by atoms with van der Waals surface area (Å²) in [7, 11) is 3.11. The fraction of sp³-hybridized carbons (Fsp3) is 0.481. The first-order chi connectivity index (χ1) is 17.9. The van der Waals surface area contributed by atoms with Crippen LogP contribution in [0.4, 0.5) is 4.79 Å². The summed E-state index contributed by atoms with van der Waals surface area (Å²) in [6, 6.07) is 12.4. The molecule has 37 heavy (non-hydrogen) atoms. The normalized spacial score (nSPS) is 12.6. The van der Waals surface area contributed by atoms with Crippen LogP contribution in [0.25, 0.3) is 0 Å². The lowest BCUT2D eigenvalue weighted by atomic mass is 9.96. The zero-order valence-corrected chi connectivity index (χ0v) is 22.5. The Morgan fingerprint density at radius 1 is 1.08 bits per heavy atom. The van der Waals surface area contributed by atoms with Crippen molar-refractivity contribution in [1.82, 2.24) is 16.0 Å². The lowest BCUT2D eigenvalue weighted by molar-refractivity contribution is 0.0802. The molecule has 0 heterocycles. The third-order valence-electron chi connectivity index (χ3n) is 5.63. The van der Waals surface area contributed by atoms with Crippen molar-refractivity contribution in [3.8, 4) is 0 Å². The molecule has 0 bridgehead atoms. The topological polar surface area (TPSA) is 118 Å². The average Bonchev–Trinajstić information content (AvgIpc) is 2.91. The largest absolute Gasteiger partial charge is 0.453 e. The number of hydrogen-bond donors (Lipinski definition) is 4. The number of likely N-dealkylation sites (N-methyl/N-ethyl adjacent to an activating group) is 1. The van der Waals surface area contributed by atoms with E-state index in [4.69, 9.17) is 21.1 Å². The van der Waals surface area contributed by atoms with Gasteiger partial charge in [-0.05, 0) is 54.4 Å². The van der Waals surface area contributed by atoms with Gasteiger partial charge in [0.1, 0.15) is 6.10 Å². The van der Waals surface area contributed by atoms with Crippen molar-refractivity contribution in [3.63, 3.8) is 0 Å². The van der Waals surface area contributed by atoms with Gasteiger partial charge in [-0.1, -0.05) is 43.1 Å². The number of carbonyl (C=O) groups excluding carboxylic acids is 2. The molecule has 2 aromatic carbocycles. The molecule has 2 rings (SSSR count). The Bertz CT molecular complexity index is 990. The molecule has 0 spiro atoms. The molecule has 0 radical (unpaired) electrons. The van der Waals surface area contributed by atoms with Gasteiger partial charge in [-0.25, -0.2) is 4.79 Å². The van der Waals surface area contributed by atoms with Crippen LogP contribution in [0.1, 0.15) is 52.9 Å². The van der Waals surface area contributed by atoms with Gasteiger partial charge in [0.15, 0.2) is 0 Å². The highest BCUT2D eigenvalue weighted by Crippen LogP contribution is 2.29. The monoisotopic (exact) mass is 535 g/mol. The molecular weight excluding hydrogens is 498 g/mol. The number of nitrogens with one attached hydrogen (secondary N) is 3. The predicted molar refractivity (Wildman–Crippen MR) is 143 cm³/mol. The molecule has 204 valence electrons. The maximum atomic E-state index is 13.1. The number of ether oxygens (including phenoxy) is 3. The predicted octanol–water partition coefficient (Wildman–Crippen LogP) is 3.43. The number of methoxy groups -OCH3 is 1. The second-order valence-electron chi connectivity index (χ2n) is 8.47. The van der Waals surface area contributed by atoms with Gasteiger partial charge in [-0.15, -0.1) is 0 Å². The van der Waals surface area contributed by atoms with E-state index >= 15 is 0 Å². The van der Waals surface area contributed by atoms with Crippen LogP contribution < -0.4 is 16.0 Å². The summed E-state index contributed by atoms with van der Waals surface area (Å²) in [4.78, 5) is 24.4. The van der Waals surface area contributed by atoms with Crippen molar-refractivity contribution in [2.24, 2.45) is 0 Å². The third kappa shape index (κ3) is 10.7. The van der Waals surface area contributed by atoms with E-state index in [1.807, 2.05) is 19.2 Å². The van der Waals surface area contributed by atoms with Crippen LogP contribution in [0.5, 0.6) is 0 Å². The van der Waals surface area contributed by atoms with E-state index in [2.05, 4.69) is 27.6 Å². The lowest BCUT2D eigenvalue weighted by Crippen LogP contribution is -2.42. The van der Waals surface area contributed by atoms with Crippen molar-refractivity contribution in [3.05, 3.63) is 69.7 Å². The minimum atomic E-state index is -0.590. The molecule has 0 fully saturated rings. The summed E-state index contributed by atoms with van der Waals surface area (Å²) in [6.07, 6.45) is 0.910. The van der Waals surface area contributed by atoms with Crippen LogP contribution in [0.15, 0.2) is 42.5 Å². The molecule has 0 aliphatic heterocycles. The van der Waals surface area contributed by atoms with E-state index in [0.29, 0.717) is 41.5 Å². The molecule has 0 saturated carbocycles. The van der Waals surface area contributed by atoms with Crippen LogP contribution in [-0.2, 0) is 20.8 Å². The molecule has 0 saturated heterocycles. The van der Waals surface area contributed by atoms with Crippen LogP contribution in [-0.4, -0.2) is 70.2 Å². The summed E-state index contributed by atoms with van der Waals surface area (Å²) in [5.74, 6) is -0.275. The van der Waals surface area contributed by atoms with E-state index in [0.717, 1.165) is 18.4 Å². The minimum absolute atomic E-state index is 0.0360. The number of aliphatic hydroxyl groups is 1. The average molecular weight is 536 g/mol. The highest BCUT2D eigenvalue weighted by atomic mass is 35.5. The van der Waals surface area contributed by atoms with Crippen molar-refractivity contribution >= 4 is 23.6 Å². The van der Waals surface area contributed by atoms with E-state index in [1.165, 1.54) is 7.11 Å². The molecule has 0 aliphatic rings. The van der Waals surface area contributed by atoms with Crippen LogP contribution in [0, 0.1) is 0 Å². The number of alkyl carbamates (subject to hydrolysis) is 1. The first kappa shape index (κ1) is 30.5. The standard InChI is InChI=1S/C27H38ClN3O6/c1-4-5-10-36-18-24(29-2)16-31-26(33)22-13-19(17-32)12-21(14-22)25(20-7-6-8-23(28)15-20)37-11-9-30-27(34)35-3/h6-8,12-15,24-25,29,32H,4-5,9-11,16-18H2,1-3H3,(H,30,34)(H,31,33). The van der Waals surface area contributed by atoms with E-state index in [9.17, 15) is 14.7 Å². The number of aliphatic hydroxyl groups excluding tert-OH is 1. The Balaban J connectivity index is 2.20. The van der Waals surface area contributed by atoms with Gasteiger partial charge < -0.3 is 35.3 Å². The highest BCUT2D eigenvalue weighted by molar-refractivity contribution is 6.30. The summed E-state index contributed by atoms with van der Waals surface area (Å²) in [5.41, 5.74) is 2.40. The summed E-state index contributed by atoms with van der Waals surface area (Å²) in [6.45, 7) is 3.82. The number of unbranched alkanes of at least 4 members (excludes halogenated alkanes) is 1. The van der Waals surface area contributed by atoms with E-state index < -0.39 is 12.2 Å². The SMILES string of the molecule is CCCCOCC(CNC(=O)c1cc(CO)cc(C(OCCNC(=O)OC)c2cccc(Cl)c2)c1)NC. The Morgan fingerprint density at radius 3 is 2.57 bits per heavy atom. The van der Waals surface area contributed by atoms with Gasteiger partial charge in [0.05, 0.1) is 26.9 Å². The molecule has 2 unspecified atom stereocenters. The number of benzene rings is 2. The highest BCUT2D eigenvalue weighted by Gasteiger charge is 2.19. The number of amides is 2. The van der Waals surface area contributed by atoms with Gasteiger partial charge in [0, 0.05) is 36.3 Å². The first-order valence-electron chi connectivity index (χ1n) is 12.4. The molecular formula is C27H38ClN3O6. The summed E-state index contributed by atoms with van der Waals surface area (Å²) < 4.78 is 16.4. The molecule has 4 N–H and O–H groups in total. The van der Waals surface area contributed by atoms with Crippen LogP contribution >= 0.6 is 11.6 Å². The Labute approximate surface area is 223 Å². The van der Waals surface area contributed by atoms with Gasteiger partial charge in [0.25, 0.3) is 5.91 Å². The Hall–Kier alpha value is -2.69. The third-order valence-corrected chi connectivity index (χ3v) is 5.87. The van der Waals surface area contributed by atoms with Gasteiger partial charge in [-0.3, -0.25) is 4.79 Å². The van der Waals surface area contributed by atoms with E-state index in [1.54, 1.807) is 30.3 Å². The first-order valence-corrected chi connectivity index (χ1v) is 12.8. The number of halogens is 1. The Kier molecular flexibility index (Phi) is 14.0. The lowest BCUT2D eigenvalue weighted by Gasteiger charge is -2.21. The number of hydrogen-bond acceptors (Lipinski definition) is 7. The van der Waals surface area contributed by atoms with Gasteiger partial charge in [-0.2, -0.15) is 0 Å². The second kappa shape index (κ2) is 16.9. The van der Waals surface area contributed by atoms with Gasteiger partial charge in [0.2, 0.25) is 0 Å². The van der Waals surface area contributed by atoms with E-state index in [-0.39, 0.29) is 31.7 Å². The smallest absolute Gasteiger partial charge is 0.406 e.